The number of carbonyl (C=O) groups excluding carboxylic acids is 4. The number of rotatable bonds is 8. The van der Waals surface area contributed by atoms with E-state index in [0.29, 0.717) is 57.4 Å². The number of allylic oxidation sites excluding steroid dienone is 8. The Kier molecular flexibility index (Phi) is 9.69. The van der Waals surface area contributed by atoms with Crippen molar-refractivity contribution < 1.29 is 19.2 Å². The molecular formula is C35H40N4O4. The van der Waals surface area contributed by atoms with Gasteiger partial charge in [-0.3, -0.25) is 19.2 Å². The van der Waals surface area contributed by atoms with Gasteiger partial charge in [-0.2, -0.15) is 0 Å². The second-order valence-electron chi connectivity index (χ2n) is 11.4. The lowest BCUT2D eigenvalue weighted by molar-refractivity contribution is -0.116. The molecule has 5 rings (SSSR count). The highest BCUT2D eigenvalue weighted by molar-refractivity contribution is 6.25. The van der Waals surface area contributed by atoms with Gasteiger partial charge >= 0.3 is 0 Å². The number of hydrogen-bond donors (Lipinski definition) is 2. The number of para-hydroxylation sites is 1. The van der Waals surface area contributed by atoms with E-state index in [2.05, 4.69) is 19.9 Å². The maximum absolute atomic E-state index is 12.4. The number of nitrogens with one attached hydrogen (secondary N) is 2. The number of aryl methyl sites for hydroxylation is 3. The molecule has 3 aromatic rings. The van der Waals surface area contributed by atoms with Crippen molar-refractivity contribution in [3.63, 3.8) is 0 Å². The Labute approximate surface area is 252 Å². The van der Waals surface area contributed by atoms with Gasteiger partial charge in [-0.1, -0.05) is 12.1 Å². The molecule has 0 saturated heterocycles. The number of benzene rings is 1. The van der Waals surface area contributed by atoms with Gasteiger partial charge in [-0.15, -0.1) is 0 Å². The number of imidazole rings is 2. The molecule has 0 bridgehead atoms. The molecule has 2 heterocycles. The second kappa shape index (κ2) is 13.2. The summed E-state index contributed by atoms with van der Waals surface area (Å²) in [4.78, 5) is 64.0. The van der Waals surface area contributed by atoms with E-state index in [0.717, 1.165) is 53.9 Å². The Balaban J connectivity index is 0.000000203. The molecule has 0 atom stereocenters. The van der Waals surface area contributed by atoms with E-state index in [1.165, 1.54) is 0 Å². The highest BCUT2D eigenvalue weighted by Crippen LogP contribution is 2.28. The van der Waals surface area contributed by atoms with Crippen molar-refractivity contribution in [2.75, 3.05) is 0 Å². The molecule has 2 aliphatic carbocycles. The SMILES string of the molecule is CC1=C(C)C(=O)C(CCCc2nc3c(C)cccc3[nH]2)=C(C)C1=O.CC1=C(C)C(=O)C(CCCc2ncc[nH]2)=C(C)C1=O. The third-order valence-corrected chi connectivity index (χ3v) is 8.62. The zero-order valence-electron chi connectivity index (χ0n) is 26.2. The molecule has 8 nitrogen and oxygen atoms in total. The van der Waals surface area contributed by atoms with E-state index < -0.39 is 0 Å². The van der Waals surface area contributed by atoms with Gasteiger partial charge in [-0.05, 0) is 85.8 Å². The average molecular weight is 581 g/mol. The quantitative estimate of drug-likeness (QED) is 0.292. The molecule has 0 unspecified atom stereocenters. The van der Waals surface area contributed by atoms with Crippen LogP contribution in [0.3, 0.4) is 0 Å². The average Bonchev–Trinajstić information content (AvgIpc) is 3.67. The van der Waals surface area contributed by atoms with Gasteiger partial charge in [0.1, 0.15) is 11.6 Å². The molecule has 0 amide bonds. The summed E-state index contributed by atoms with van der Waals surface area (Å²) >= 11 is 0. The van der Waals surface area contributed by atoms with Crippen molar-refractivity contribution in [3.05, 3.63) is 92.4 Å². The number of hydrogen-bond acceptors (Lipinski definition) is 6. The van der Waals surface area contributed by atoms with Gasteiger partial charge in [0.15, 0.2) is 23.1 Å². The van der Waals surface area contributed by atoms with E-state index in [1.807, 2.05) is 25.1 Å². The number of Topliss-reactive ketones (excluding diaryl/α,β-unsaturated/α-hetero) is 4. The molecule has 0 radical (unpaired) electrons. The van der Waals surface area contributed by atoms with Crippen LogP contribution in [0.2, 0.25) is 0 Å². The standard InChI is InChI=1S/C20H22N2O2.C15H18N2O2/c1-11-7-5-9-16-18(11)22-17(21-16)10-6-8-15-14(4)19(23)12(2)13(3)20(15)24;1-9-10(2)15(19)12(11(3)14(9)18)5-4-6-13-16-7-8-17-13/h5,7,9H,6,8,10H2,1-4H3,(H,21,22);7-8H,4-6H2,1-3H3,(H,16,17). The minimum atomic E-state index is 0.00135. The number of nitrogens with zero attached hydrogens (tertiary/aromatic N) is 2. The molecule has 0 saturated carbocycles. The first-order valence-corrected chi connectivity index (χ1v) is 14.8. The van der Waals surface area contributed by atoms with E-state index in [1.54, 1.807) is 53.9 Å². The van der Waals surface area contributed by atoms with Gasteiger partial charge in [0, 0.05) is 69.8 Å². The summed E-state index contributed by atoms with van der Waals surface area (Å²) in [5, 5.41) is 0. The topological polar surface area (TPSA) is 126 Å². The van der Waals surface area contributed by atoms with Crippen LogP contribution in [0.15, 0.2) is 75.2 Å². The largest absolute Gasteiger partial charge is 0.349 e. The predicted molar refractivity (Wildman–Crippen MR) is 167 cm³/mol. The van der Waals surface area contributed by atoms with Gasteiger partial charge in [0.05, 0.1) is 11.0 Å². The van der Waals surface area contributed by atoms with Crippen LogP contribution in [-0.2, 0) is 32.0 Å². The number of carbonyl (C=O) groups is 4. The minimum absolute atomic E-state index is 0.00135. The van der Waals surface area contributed by atoms with Crippen molar-refractivity contribution in [1.82, 2.24) is 19.9 Å². The predicted octanol–water partition coefficient (Wildman–Crippen LogP) is 6.54. The number of fused-ring (bicyclic) bond motifs is 1. The van der Waals surface area contributed by atoms with E-state index in [4.69, 9.17) is 0 Å². The number of ketones is 4. The second-order valence-corrected chi connectivity index (χ2v) is 11.4. The van der Waals surface area contributed by atoms with E-state index >= 15 is 0 Å². The highest BCUT2D eigenvalue weighted by atomic mass is 16.1. The van der Waals surface area contributed by atoms with Crippen LogP contribution in [0.25, 0.3) is 11.0 Å². The summed E-state index contributed by atoms with van der Waals surface area (Å²) in [7, 11) is 0. The minimum Gasteiger partial charge on any atom is -0.349 e. The Hall–Kier alpha value is -4.46. The lowest BCUT2D eigenvalue weighted by atomic mass is 9.84. The number of aromatic amines is 2. The third kappa shape index (κ3) is 6.63. The molecule has 2 aliphatic rings. The van der Waals surface area contributed by atoms with Crippen LogP contribution in [0.5, 0.6) is 0 Å². The first kappa shape index (κ1) is 31.5. The summed E-state index contributed by atoms with van der Waals surface area (Å²) in [6.07, 6.45) is 7.87. The Morgan fingerprint density at radius 2 is 1.12 bits per heavy atom. The van der Waals surface area contributed by atoms with Crippen molar-refractivity contribution in [1.29, 1.82) is 0 Å². The number of H-pyrrole nitrogens is 2. The number of aromatic nitrogens is 4. The fourth-order valence-corrected chi connectivity index (χ4v) is 5.56. The van der Waals surface area contributed by atoms with E-state index in [9.17, 15) is 19.2 Å². The zero-order valence-corrected chi connectivity index (χ0v) is 26.2. The summed E-state index contributed by atoms with van der Waals surface area (Å²) in [6, 6.07) is 6.08. The first-order chi connectivity index (χ1) is 20.4. The van der Waals surface area contributed by atoms with Crippen molar-refractivity contribution in [2.24, 2.45) is 0 Å². The molecular weight excluding hydrogens is 540 g/mol. The van der Waals surface area contributed by atoms with E-state index in [-0.39, 0.29) is 23.1 Å². The fraction of sp³-hybridized carbons (Fsp3) is 0.371. The summed E-state index contributed by atoms with van der Waals surface area (Å²) in [6.45, 7) is 12.5. The van der Waals surface area contributed by atoms with Crippen LogP contribution < -0.4 is 0 Å². The molecule has 0 aliphatic heterocycles. The Bertz CT molecular complexity index is 1740. The van der Waals surface area contributed by atoms with Crippen molar-refractivity contribution in [2.45, 2.75) is 87.0 Å². The van der Waals surface area contributed by atoms with Crippen molar-refractivity contribution >= 4 is 34.2 Å². The third-order valence-electron chi connectivity index (χ3n) is 8.62. The van der Waals surface area contributed by atoms with Crippen LogP contribution in [0.1, 0.15) is 84.4 Å². The lowest BCUT2D eigenvalue weighted by Gasteiger charge is -2.18. The Morgan fingerprint density at radius 1 is 0.605 bits per heavy atom. The van der Waals surface area contributed by atoms with Gasteiger partial charge in [0.2, 0.25) is 0 Å². The molecule has 0 spiro atoms. The molecule has 0 fully saturated rings. The molecule has 2 N–H and O–H groups in total. The fourth-order valence-electron chi connectivity index (χ4n) is 5.56. The maximum Gasteiger partial charge on any atom is 0.185 e. The highest BCUT2D eigenvalue weighted by Gasteiger charge is 2.28. The monoisotopic (exact) mass is 580 g/mol. The van der Waals surface area contributed by atoms with Crippen LogP contribution >= 0.6 is 0 Å². The summed E-state index contributed by atoms with van der Waals surface area (Å²) in [5.74, 6) is 1.89. The Morgan fingerprint density at radius 3 is 1.60 bits per heavy atom. The molecule has 224 valence electrons. The van der Waals surface area contributed by atoms with Crippen LogP contribution in [0, 0.1) is 6.92 Å². The van der Waals surface area contributed by atoms with Gasteiger partial charge in [0.25, 0.3) is 0 Å². The van der Waals surface area contributed by atoms with Gasteiger partial charge < -0.3 is 9.97 Å². The van der Waals surface area contributed by atoms with Crippen LogP contribution in [0.4, 0.5) is 0 Å². The molecule has 8 heteroatoms. The molecule has 1 aromatic carbocycles. The first-order valence-electron chi connectivity index (χ1n) is 14.8. The van der Waals surface area contributed by atoms with Gasteiger partial charge in [-0.25, -0.2) is 9.97 Å². The molecule has 2 aromatic heterocycles. The lowest BCUT2D eigenvalue weighted by Crippen LogP contribution is -2.20. The summed E-state index contributed by atoms with van der Waals surface area (Å²) < 4.78 is 0. The normalized spacial score (nSPS) is 16.2. The zero-order chi connectivity index (χ0) is 31.4. The van der Waals surface area contributed by atoms with Crippen LogP contribution in [-0.4, -0.2) is 43.1 Å². The van der Waals surface area contributed by atoms with Crippen molar-refractivity contribution in [3.8, 4) is 0 Å². The maximum atomic E-state index is 12.4. The smallest absolute Gasteiger partial charge is 0.185 e. The summed E-state index contributed by atoms with van der Waals surface area (Å²) in [5.41, 5.74) is 8.05. The molecule has 43 heavy (non-hydrogen) atoms.